The second-order valence-corrected chi connectivity index (χ2v) is 6.46. The van der Waals surface area contributed by atoms with Gasteiger partial charge in [-0.2, -0.15) is 0 Å². The standard InChI is InChI=1S/C20H16BrN3O3/c21-16-10-15(11-22-12-16)20(26)24-23-19(25)13-27-18-9-5-4-8-17(18)14-6-2-1-3-7-14/h1-12H,13H2,(H,23,25)(H,24,26). The van der Waals surface area contributed by atoms with Crippen LogP contribution < -0.4 is 15.6 Å². The molecule has 0 unspecified atom stereocenters. The molecule has 0 aliphatic rings. The van der Waals surface area contributed by atoms with Crippen LogP contribution in [-0.4, -0.2) is 23.4 Å². The summed E-state index contributed by atoms with van der Waals surface area (Å²) in [6.07, 6.45) is 2.96. The molecule has 3 aromatic rings. The largest absolute Gasteiger partial charge is 0.483 e. The lowest BCUT2D eigenvalue weighted by molar-refractivity contribution is -0.123. The SMILES string of the molecule is O=C(COc1ccccc1-c1ccccc1)NNC(=O)c1cncc(Br)c1. The molecule has 27 heavy (non-hydrogen) atoms. The van der Waals surface area contributed by atoms with Crippen LogP contribution in [0.15, 0.2) is 77.5 Å². The van der Waals surface area contributed by atoms with Gasteiger partial charge in [0, 0.05) is 22.4 Å². The van der Waals surface area contributed by atoms with Crippen LogP contribution in [-0.2, 0) is 4.79 Å². The molecule has 0 fully saturated rings. The molecule has 2 N–H and O–H groups in total. The van der Waals surface area contributed by atoms with Gasteiger partial charge in [0.15, 0.2) is 6.61 Å². The number of amides is 2. The van der Waals surface area contributed by atoms with Crippen molar-refractivity contribution in [2.45, 2.75) is 0 Å². The van der Waals surface area contributed by atoms with Crippen molar-refractivity contribution in [3.8, 4) is 16.9 Å². The van der Waals surface area contributed by atoms with Gasteiger partial charge in [-0.05, 0) is 33.6 Å². The summed E-state index contributed by atoms with van der Waals surface area (Å²) in [5, 5.41) is 0. The third kappa shape index (κ3) is 5.15. The topological polar surface area (TPSA) is 80.3 Å². The van der Waals surface area contributed by atoms with Gasteiger partial charge in [0.1, 0.15) is 5.75 Å². The highest BCUT2D eigenvalue weighted by atomic mass is 79.9. The zero-order valence-electron chi connectivity index (χ0n) is 14.2. The molecule has 0 saturated heterocycles. The van der Waals surface area contributed by atoms with Crippen LogP contribution in [0.1, 0.15) is 10.4 Å². The van der Waals surface area contributed by atoms with E-state index in [0.717, 1.165) is 11.1 Å². The number of benzene rings is 2. The predicted octanol–water partition coefficient (Wildman–Crippen LogP) is 3.35. The van der Waals surface area contributed by atoms with Gasteiger partial charge in [0.2, 0.25) is 0 Å². The summed E-state index contributed by atoms with van der Waals surface area (Å²) in [5.74, 6) is -0.364. The predicted molar refractivity (Wildman–Crippen MR) is 105 cm³/mol. The Morgan fingerprint density at radius 3 is 2.48 bits per heavy atom. The summed E-state index contributed by atoms with van der Waals surface area (Å²) in [5.41, 5.74) is 6.85. The minimum Gasteiger partial charge on any atom is -0.483 e. The van der Waals surface area contributed by atoms with Crippen LogP contribution in [0.5, 0.6) is 5.75 Å². The highest BCUT2D eigenvalue weighted by Crippen LogP contribution is 2.29. The maximum Gasteiger partial charge on any atom is 0.276 e. The summed E-state index contributed by atoms with van der Waals surface area (Å²) < 4.78 is 6.30. The lowest BCUT2D eigenvalue weighted by Crippen LogP contribution is -2.43. The van der Waals surface area contributed by atoms with E-state index in [9.17, 15) is 9.59 Å². The molecule has 2 aromatic carbocycles. The molecule has 1 heterocycles. The van der Waals surface area contributed by atoms with Crippen LogP contribution in [0.3, 0.4) is 0 Å². The number of aromatic nitrogens is 1. The van der Waals surface area contributed by atoms with E-state index in [0.29, 0.717) is 15.8 Å². The van der Waals surface area contributed by atoms with E-state index < -0.39 is 11.8 Å². The molecule has 1 aromatic heterocycles. The summed E-state index contributed by atoms with van der Waals surface area (Å²) in [6.45, 7) is -0.235. The molecular weight excluding hydrogens is 410 g/mol. The summed E-state index contributed by atoms with van der Waals surface area (Å²) in [6, 6.07) is 18.8. The molecule has 0 aliphatic carbocycles. The van der Waals surface area contributed by atoms with Gasteiger partial charge in [-0.1, -0.05) is 48.5 Å². The lowest BCUT2D eigenvalue weighted by Gasteiger charge is -2.12. The van der Waals surface area contributed by atoms with Crippen molar-refractivity contribution in [2.75, 3.05) is 6.61 Å². The molecule has 7 heteroatoms. The van der Waals surface area contributed by atoms with E-state index in [1.54, 1.807) is 18.3 Å². The summed E-state index contributed by atoms with van der Waals surface area (Å²) in [7, 11) is 0. The smallest absolute Gasteiger partial charge is 0.276 e. The van der Waals surface area contributed by atoms with Crippen molar-refractivity contribution in [3.05, 3.63) is 83.1 Å². The van der Waals surface area contributed by atoms with Crippen molar-refractivity contribution in [1.82, 2.24) is 15.8 Å². The first kappa shape index (κ1) is 18.6. The Morgan fingerprint density at radius 2 is 1.70 bits per heavy atom. The fourth-order valence-electron chi connectivity index (χ4n) is 2.36. The summed E-state index contributed by atoms with van der Waals surface area (Å²) >= 11 is 3.24. The van der Waals surface area contributed by atoms with Crippen molar-refractivity contribution >= 4 is 27.7 Å². The number of carbonyl (C=O) groups excluding carboxylic acids is 2. The molecule has 0 atom stereocenters. The number of pyridine rings is 1. The zero-order valence-corrected chi connectivity index (χ0v) is 15.8. The van der Waals surface area contributed by atoms with Crippen LogP contribution in [0.2, 0.25) is 0 Å². The van der Waals surface area contributed by atoms with Gasteiger partial charge in [-0.3, -0.25) is 25.4 Å². The number of ether oxygens (including phenoxy) is 1. The lowest BCUT2D eigenvalue weighted by atomic mass is 10.1. The molecule has 136 valence electrons. The van der Waals surface area contributed by atoms with Gasteiger partial charge in [-0.15, -0.1) is 0 Å². The Hall–Kier alpha value is -3.19. The number of rotatable bonds is 5. The molecule has 0 spiro atoms. The first-order valence-electron chi connectivity index (χ1n) is 8.10. The van der Waals surface area contributed by atoms with E-state index in [1.165, 1.54) is 6.20 Å². The van der Waals surface area contributed by atoms with Crippen molar-refractivity contribution < 1.29 is 14.3 Å². The number of hydrogen-bond acceptors (Lipinski definition) is 4. The summed E-state index contributed by atoms with van der Waals surface area (Å²) in [4.78, 5) is 27.9. The fraction of sp³-hybridized carbons (Fsp3) is 0.0500. The molecular formula is C20H16BrN3O3. The number of para-hydroxylation sites is 1. The van der Waals surface area contributed by atoms with E-state index in [1.807, 2.05) is 48.5 Å². The Labute approximate surface area is 164 Å². The Kier molecular flexibility index (Phi) is 6.17. The number of nitrogens with one attached hydrogen (secondary N) is 2. The van der Waals surface area contributed by atoms with Crippen molar-refractivity contribution in [3.63, 3.8) is 0 Å². The third-order valence-electron chi connectivity index (χ3n) is 3.61. The van der Waals surface area contributed by atoms with Gasteiger partial charge in [0.25, 0.3) is 11.8 Å². The van der Waals surface area contributed by atoms with E-state index in [-0.39, 0.29) is 6.61 Å². The first-order valence-corrected chi connectivity index (χ1v) is 8.90. The maximum absolute atomic E-state index is 12.0. The molecule has 0 saturated carbocycles. The fourth-order valence-corrected chi connectivity index (χ4v) is 2.73. The van der Waals surface area contributed by atoms with E-state index >= 15 is 0 Å². The second kappa shape index (κ2) is 8.95. The van der Waals surface area contributed by atoms with Crippen LogP contribution in [0.25, 0.3) is 11.1 Å². The second-order valence-electron chi connectivity index (χ2n) is 5.54. The van der Waals surface area contributed by atoms with Crippen LogP contribution in [0.4, 0.5) is 0 Å². The molecule has 6 nitrogen and oxygen atoms in total. The minimum atomic E-state index is -0.478. The minimum absolute atomic E-state index is 0.235. The van der Waals surface area contributed by atoms with Crippen LogP contribution >= 0.6 is 15.9 Å². The molecule has 3 rings (SSSR count). The average molecular weight is 426 g/mol. The van der Waals surface area contributed by atoms with Gasteiger partial charge < -0.3 is 4.74 Å². The zero-order chi connectivity index (χ0) is 19.1. The number of carbonyl (C=O) groups is 2. The molecule has 0 aliphatic heterocycles. The highest BCUT2D eigenvalue weighted by molar-refractivity contribution is 9.10. The monoisotopic (exact) mass is 425 g/mol. The maximum atomic E-state index is 12.0. The number of halogens is 1. The highest BCUT2D eigenvalue weighted by Gasteiger charge is 2.10. The van der Waals surface area contributed by atoms with E-state index in [2.05, 4.69) is 31.8 Å². The van der Waals surface area contributed by atoms with Gasteiger partial charge in [0.05, 0.1) is 5.56 Å². The van der Waals surface area contributed by atoms with Gasteiger partial charge in [-0.25, -0.2) is 0 Å². The molecule has 0 bridgehead atoms. The normalized spacial score (nSPS) is 10.1. The first-order chi connectivity index (χ1) is 13.1. The Bertz CT molecular complexity index is 948. The number of hydrogen-bond donors (Lipinski definition) is 2. The third-order valence-corrected chi connectivity index (χ3v) is 4.05. The Morgan fingerprint density at radius 1 is 0.963 bits per heavy atom. The van der Waals surface area contributed by atoms with Gasteiger partial charge >= 0.3 is 0 Å². The van der Waals surface area contributed by atoms with E-state index in [4.69, 9.17) is 4.74 Å². The van der Waals surface area contributed by atoms with Crippen molar-refractivity contribution in [2.24, 2.45) is 0 Å². The van der Waals surface area contributed by atoms with Crippen LogP contribution in [0, 0.1) is 0 Å². The number of nitrogens with zero attached hydrogens (tertiary/aromatic N) is 1. The van der Waals surface area contributed by atoms with Crippen molar-refractivity contribution in [1.29, 1.82) is 0 Å². The Balaban J connectivity index is 1.56. The number of hydrazine groups is 1. The quantitative estimate of drug-likeness (QED) is 0.614. The average Bonchev–Trinajstić information content (AvgIpc) is 2.71. The molecule has 2 amide bonds. The molecule has 0 radical (unpaired) electrons.